The second-order valence-corrected chi connectivity index (χ2v) is 13.1. The Morgan fingerprint density at radius 3 is 1.31 bits per heavy atom. The highest BCUT2D eigenvalue weighted by Crippen LogP contribution is 2.04. The number of nitrogens with zero attached hydrogens (tertiary/aromatic N) is 2. The van der Waals surface area contributed by atoms with Crippen molar-refractivity contribution in [1.82, 2.24) is 13.8 Å². The third-order valence-corrected chi connectivity index (χ3v) is 10.2. The van der Waals surface area contributed by atoms with E-state index in [-0.39, 0.29) is 0 Å². The van der Waals surface area contributed by atoms with E-state index in [0.29, 0.717) is 0 Å². The summed E-state index contributed by atoms with van der Waals surface area (Å²) in [6, 6.07) is 0. The maximum absolute atomic E-state index is 3.99. The Bertz CT molecular complexity index is 163. The summed E-state index contributed by atoms with van der Waals surface area (Å²) in [6.07, 6.45) is 0. The summed E-state index contributed by atoms with van der Waals surface area (Å²) in [5, 5.41) is 0. The normalized spacial score (nSPS) is 13.1. The molecule has 0 bridgehead atoms. The van der Waals surface area contributed by atoms with Gasteiger partial charge in [-0.1, -0.05) is 47.3 Å². The van der Waals surface area contributed by atoms with E-state index in [9.17, 15) is 0 Å². The van der Waals surface area contributed by atoms with Crippen molar-refractivity contribution in [3.05, 3.63) is 0 Å². The first-order valence-electron chi connectivity index (χ1n) is 6.65. The highest BCUT2D eigenvalue weighted by atomic mass is 28.4. The Morgan fingerprint density at radius 1 is 0.812 bits per heavy atom. The van der Waals surface area contributed by atoms with E-state index in [1.807, 2.05) is 0 Å². The number of rotatable bonds is 8. The molecule has 0 saturated carbocycles. The fourth-order valence-corrected chi connectivity index (χ4v) is 8.34. The van der Waals surface area contributed by atoms with Gasteiger partial charge in [0.1, 0.15) is 8.24 Å². The van der Waals surface area contributed by atoms with Gasteiger partial charge < -0.3 is 13.8 Å². The van der Waals surface area contributed by atoms with Crippen LogP contribution in [0, 0.1) is 0 Å². The molecule has 3 nitrogen and oxygen atoms in total. The predicted molar refractivity (Wildman–Crippen MR) is 79.5 cm³/mol. The van der Waals surface area contributed by atoms with Crippen LogP contribution >= 0.6 is 0 Å². The minimum atomic E-state index is -1.18. The standard InChI is InChI=1S/C11H31N3Si2/c1-8-13(9-2)15(12-16(5,6)7)14(10-3)11-4/h12,15H,8-11H2,1-7H3. The molecular weight excluding hydrogens is 230 g/mol. The molecule has 0 aromatic rings. The van der Waals surface area contributed by atoms with Gasteiger partial charge in [0.2, 0.25) is 0 Å². The molecule has 0 aliphatic heterocycles. The van der Waals surface area contributed by atoms with E-state index in [1.54, 1.807) is 0 Å². The maximum atomic E-state index is 3.99. The monoisotopic (exact) mass is 261 g/mol. The van der Waals surface area contributed by atoms with Crippen LogP contribution in [0.4, 0.5) is 0 Å². The van der Waals surface area contributed by atoms with Crippen LogP contribution in [-0.4, -0.2) is 52.8 Å². The average molecular weight is 262 g/mol. The smallest absolute Gasteiger partial charge is 0.263 e. The summed E-state index contributed by atoms with van der Waals surface area (Å²) in [5.41, 5.74) is 0. The summed E-state index contributed by atoms with van der Waals surface area (Å²) in [5.74, 6) is 0. The highest BCUT2D eigenvalue weighted by Gasteiger charge is 2.28. The summed E-state index contributed by atoms with van der Waals surface area (Å²) in [6.45, 7) is 21.0. The van der Waals surface area contributed by atoms with E-state index < -0.39 is 17.5 Å². The Balaban J connectivity index is 4.73. The lowest BCUT2D eigenvalue weighted by Gasteiger charge is -2.40. The van der Waals surface area contributed by atoms with Crippen molar-refractivity contribution >= 4 is 17.5 Å². The van der Waals surface area contributed by atoms with Crippen molar-refractivity contribution in [3.8, 4) is 0 Å². The van der Waals surface area contributed by atoms with Crippen molar-refractivity contribution in [1.29, 1.82) is 0 Å². The molecule has 0 unspecified atom stereocenters. The Hall–Kier alpha value is 0.314. The lowest BCUT2D eigenvalue weighted by Crippen LogP contribution is -2.67. The zero-order valence-electron chi connectivity index (χ0n) is 12.3. The third-order valence-electron chi connectivity index (χ3n) is 2.88. The summed E-state index contributed by atoms with van der Waals surface area (Å²) in [4.78, 5) is 0. The SMILES string of the molecule is CCN(CC)[SiH](N[Si](C)(C)C)N(CC)CC. The second kappa shape index (κ2) is 7.60. The molecular formula is C11H31N3Si2. The maximum Gasteiger partial charge on any atom is 0.263 e. The lowest BCUT2D eigenvalue weighted by atomic mass is 10.7. The van der Waals surface area contributed by atoms with Crippen LogP contribution < -0.4 is 4.65 Å². The first-order chi connectivity index (χ1) is 7.39. The third kappa shape index (κ3) is 5.59. The van der Waals surface area contributed by atoms with Crippen LogP contribution in [0.2, 0.25) is 19.6 Å². The molecule has 0 radical (unpaired) electrons. The van der Waals surface area contributed by atoms with Gasteiger partial charge in [-0.3, -0.25) is 0 Å². The molecule has 0 heterocycles. The van der Waals surface area contributed by atoms with Gasteiger partial charge in [-0.05, 0) is 26.2 Å². The fraction of sp³-hybridized carbons (Fsp3) is 1.00. The van der Waals surface area contributed by atoms with Gasteiger partial charge in [-0.15, -0.1) is 0 Å². The minimum absolute atomic E-state index is 1.11. The molecule has 98 valence electrons. The molecule has 0 aliphatic rings. The topological polar surface area (TPSA) is 18.5 Å². The van der Waals surface area contributed by atoms with Crippen molar-refractivity contribution < 1.29 is 0 Å². The highest BCUT2D eigenvalue weighted by molar-refractivity contribution is 6.82. The lowest BCUT2D eigenvalue weighted by molar-refractivity contribution is 0.373. The fourth-order valence-electron chi connectivity index (χ4n) is 1.94. The zero-order valence-corrected chi connectivity index (χ0v) is 14.5. The first kappa shape index (κ1) is 16.3. The van der Waals surface area contributed by atoms with Crippen molar-refractivity contribution in [2.45, 2.75) is 47.3 Å². The van der Waals surface area contributed by atoms with E-state index in [2.05, 4.69) is 61.1 Å². The van der Waals surface area contributed by atoms with E-state index in [4.69, 9.17) is 0 Å². The van der Waals surface area contributed by atoms with Gasteiger partial charge in [-0.2, -0.15) is 0 Å². The van der Waals surface area contributed by atoms with Crippen molar-refractivity contribution in [3.63, 3.8) is 0 Å². The van der Waals surface area contributed by atoms with Crippen LogP contribution in [-0.2, 0) is 0 Å². The molecule has 1 N–H and O–H groups in total. The van der Waals surface area contributed by atoms with Crippen LogP contribution in [0.1, 0.15) is 27.7 Å². The van der Waals surface area contributed by atoms with Crippen LogP contribution in [0.25, 0.3) is 0 Å². The molecule has 0 atom stereocenters. The van der Waals surface area contributed by atoms with Gasteiger partial charge in [0.05, 0.1) is 0 Å². The Kier molecular flexibility index (Phi) is 7.75. The van der Waals surface area contributed by atoms with E-state index in [0.717, 1.165) is 0 Å². The Labute approximate surface area is 105 Å². The largest absolute Gasteiger partial charge is 0.337 e. The molecule has 5 heteroatoms. The summed E-state index contributed by atoms with van der Waals surface area (Å²) >= 11 is 0. The van der Waals surface area contributed by atoms with Gasteiger partial charge >= 0.3 is 0 Å². The number of nitrogens with one attached hydrogen (secondary N) is 1. The summed E-state index contributed by atoms with van der Waals surface area (Å²) in [7, 11) is -2.29. The van der Waals surface area contributed by atoms with Crippen LogP contribution in [0.3, 0.4) is 0 Å². The van der Waals surface area contributed by atoms with Gasteiger partial charge in [0.25, 0.3) is 9.28 Å². The van der Waals surface area contributed by atoms with Gasteiger partial charge in [0.15, 0.2) is 0 Å². The molecule has 0 spiro atoms. The minimum Gasteiger partial charge on any atom is -0.337 e. The zero-order chi connectivity index (χ0) is 12.8. The molecule has 0 amide bonds. The van der Waals surface area contributed by atoms with Crippen LogP contribution in [0.15, 0.2) is 0 Å². The predicted octanol–water partition coefficient (Wildman–Crippen LogP) is 1.81. The molecule has 0 saturated heterocycles. The van der Waals surface area contributed by atoms with E-state index in [1.165, 1.54) is 26.2 Å². The second-order valence-electron chi connectivity index (χ2n) is 5.21. The Morgan fingerprint density at radius 2 is 1.12 bits per heavy atom. The number of hydrogen-bond acceptors (Lipinski definition) is 3. The van der Waals surface area contributed by atoms with Gasteiger partial charge in [-0.25, -0.2) is 0 Å². The summed E-state index contributed by atoms with van der Waals surface area (Å²) < 4.78 is 9.28. The number of hydrogen-bond donors (Lipinski definition) is 1. The molecule has 0 rings (SSSR count). The molecule has 16 heavy (non-hydrogen) atoms. The van der Waals surface area contributed by atoms with Crippen molar-refractivity contribution in [2.75, 3.05) is 26.2 Å². The van der Waals surface area contributed by atoms with Gasteiger partial charge in [0, 0.05) is 0 Å². The molecule has 0 aromatic carbocycles. The average Bonchev–Trinajstić information content (AvgIpc) is 2.19. The van der Waals surface area contributed by atoms with Crippen molar-refractivity contribution in [2.24, 2.45) is 0 Å². The molecule has 0 aliphatic carbocycles. The van der Waals surface area contributed by atoms with Crippen LogP contribution in [0.5, 0.6) is 0 Å². The molecule has 0 aromatic heterocycles. The quantitative estimate of drug-likeness (QED) is 0.673. The van der Waals surface area contributed by atoms with E-state index >= 15 is 0 Å². The first-order valence-corrected chi connectivity index (χ1v) is 11.8. The molecule has 0 fully saturated rings.